The molecule has 0 radical (unpaired) electrons. The molecular formula is C16H17N4O2S2+. The Hall–Kier alpha value is -2.06. The molecule has 0 spiro atoms. The predicted octanol–water partition coefficient (Wildman–Crippen LogP) is 2.59. The fraction of sp³-hybridized carbons (Fsp3) is 0.312. The highest BCUT2D eigenvalue weighted by Gasteiger charge is 2.26. The second-order valence-corrected chi connectivity index (χ2v) is 7.48. The minimum absolute atomic E-state index is 0.0491. The first kappa shape index (κ1) is 16.8. The molecular weight excluding hydrogens is 344 g/mol. The molecule has 0 saturated carbocycles. The maximum atomic E-state index is 12.5. The third kappa shape index (κ3) is 3.25. The Bertz CT molecular complexity index is 933. The highest BCUT2D eigenvalue weighted by Crippen LogP contribution is 2.26. The van der Waals surface area contributed by atoms with Gasteiger partial charge >= 0.3 is 10.8 Å². The van der Waals surface area contributed by atoms with Crippen molar-refractivity contribution in [3.05, 3.63) is 39.8 Å². The monoisotopic (exact) mass is 361 g/mol. The quantitative estimate of drug-likeness (QED) is 0.333. The number of aromatic nitrogens is 4. The number of hydrogen-bond donors (Lipinski definition) is 1. The molecule has 8 heteroatoms. The second kappa shape index (κ2) is 6.45. The number of carbonyl (C=O) groups is 1. The molecule has 0 aromatic carbocycles. The van der Waals surface area contributed by atoms with E-state index >= 15 is 0 Å². The summed E-state index contributed by atoms with van der Waals surface area (Å²) in [6.45, 7) is 7.55. The summed E-state index contributed by atoms with van der Waals surface area (Å²) in [6.07, 6.45) is 0. The summed E-state index contributed by atoms with van der Waals surface area (Å²) >= 11 is 2.47. The molecule has 3 heterocycles. The van der Waals surface area contributed by atoms with E-state index in [1.54, 1.807) is 4.40 Å². The molecule has 1 N–H and O–H groups in total. The minimum atomic E-state index is -0.159. The fourth-order valence-electron chi connectivity index (χ4n) is 2.45. The van der Waals surface area contributed by atoms with Crippen LogP contribution in [0.1, 0.15) is 32.4 Å². The zero-order valence-electron chi connectivity index (χ0n) is 13.8. The van der Waals surface area contributed by atoms with Crippen LogP contribution in [0.4, 0.5) is 0 Å². The third-order valence-corrected chi connectivity index (χ3v) is 5.31. The van der Waals surface area contributed by atoms with Crippen LogP contribution in [-0.2, 0) is 0 Å². The molecule has 3 aromatic rings. The molecule has 0 aliphatic rings. The van der Waals surface area contributed by atoms with Crippen molar-refractivity contribution in [2.24, 2.45) is 0 Å². The molecule has 24 heavy (non-hydrogen) atoms. The van der Waals surface area contributed by atoms with E-state index in [4.69, 9.17) is 0 Å². The van der Waals surface area contributed by atoms with E-state index in [2.05, 4.69) is 15.0 Å². The number of Topliss-reactive ketones (excluding diaryl/α,β-unsaturated/α-hetero) is 1. The number of thioether (sulfide) groups is 1. The average molecular weight is 361 g/mol. The summed E-state index contributed by atoms with van der Waals surface area (Å²) in [5.74, 6) is -0.0400. The molecule has 0 aliphatic heterocycles. The van der Waals surface area contributed by atoms with E-state index in [0.717, 1.165) is 22.8 Å². The molecule has 0 amide bonds. The topological polar surface area (TPSA) is 80.1 Å². The Balaban J connectivity index is 1.86. The van der Waals surface area contributed by atoms with Gasteiger partial charge < -0.3 is 5.11 Å². The van der Waals surface area contributed by atoms with Crippen LogP contribution in [0.5, 0.6) is 5.88 Å². The van der Waals surface area contributed by atoms with Gasteiger partial charge in [-0.15, -0.1) is 0 Å². The van der Waals surface area contributed by atoms with E-state index in [9.17, 15) is 9.90 Å². The maximum Gasteiger partial charge on any atom is 0.391 e. The molecule has 0 bridgehead atoms. The summed E-state index contributed by atoms with van der Waals surface area (Å²) in [6, 6.07) is 3.75. The SMILES string of the molecule is Cc1cc(C)nc(SCC(=O)c2sc3nc(C)cc(C)[n+]3c2O)n1. The number of aryl methyl sites for hydroxylation is 4. The second-order valence-electron chi connectivity index (χ2n) is 5.56. The van der Waals surface area contributed by atoms with Gasteiger partial charge in [0.2, 0.25) is 0 Å². The summed E-state index contributed by atoms with van der Waals surface area (Å²) in [5.41, 5.74) is 3.43. The summed E-state index contributed by atoms with van der Waals surface area (Å²) < 4.78 is 1.60. The maximum absolute atomic E-state index is 12.5. The van der Waals surface area contributed by atoms with E-state index in [1.165, 1.54) is 23.1 Å². The molecule has 3 aromatic heterocycles. The molecule has 6 nitrogen and oxygen atoms in total. The van der Waals surface area contributed by atoms with E-state index < -0.39 is 0 Å². The van der Waals surface area contributed by atoms with Crippen LogP contribution in [-0.4, -0.2) is 31.6 Å². The van der Waals surface area contributed by atoms with Gasteiger partial charge in [-0.2, -0.15) is 4.40 Å². The van der Waals surface area contributed by atoms with Gasteiger partial charge in [0.05, 0.1) is 5.75 Å². The lowest BCUT2D eigenvalue weighted by Crippen LogP contribution is -2.25. The van der Waals surface area contributed by atoms with E-state index in [1.807, 2.05) is 39.8 Å². The molecule has 0 aliphatic carbocycles. The zero-order chi connectivity index (χ0) is 17.4. The molecule has 0 saturated heterocycles. The third-order valence-electron chi connectivity index (χ3n) is 3.39. The van der Waals surface area contributed by atoms with Gasteiger partial charge in [-0.1, -0.05) is 11.8 Å². The lowest BCUT2D eigenvalue weighted by Gasteiger charge is -2.01. The highest BCUT2D eigenvalue weighted by atomic mass is 32.2. The first-order valence-electron chi connectivity index (χ1n) is 7.35. The van der Waals surface area contributed by atoms with Gasteiger partial charge in [-0.05, 0) is 43.2 Å². The van der Waals surface area contributed by atoms with Crippen LogP contribution in [0, 0.1) is 27.7 Å². The molecule has 124 valence electrons. The van der Waals surface area contributed by atoms with Crippen molar-refractivity contribution >= 4 is 33.8 Å². The number of hydrogen-bond acceptors (Lipinski definition) is 7. The number of ketones is 1. The Morgan fingerprint density at radius 1 is 1.12 bits per heavy atom. The Morgan fingerprint density at radius 3 is 2.42 bits per heavy atom. The fourth-order valence-corrected chi connectivity index (χ4v) is 4.43. The number of nitrogens with zero attached hydrogens (tertiary/aromatic N) is 4. The Labute approximate surface area is 147 Å². The van der Waals surface area contributed by atoms with Gasteiger partial charge in [-0.25, -0.2) is 9.97 Å². The van der Waals surface area contributed by atoms with E-state index in [-0.39, 0.29) is 17.4 Å². The van der Waals surface area contributed by atoms with Crippen molar-refractivity contribution in [2.75, 3.05) is 5.75 Å². The van der Waals surface area contributed by atoms with Gasteiger partial charge in [0.1, 0.15) is 5.69 Å². The summed E-state index contributed by atoms with van der Waals surface area (Å²) in [4.78, 5) is 26.4. The van der Waals surface area contributed by atoms with Crippen LogP contribution in [0.25, 0.3) is 4.96 Å². The van der Waals surface area contributed by atoms with Crippen LogP contribution in [0.15, 0.2) is 17.3 Å². The van der Waals surface area contributed by atoms with Crippen LogP contribution in [0.2, 0.25) is 0 Å². The molecule has 0 atom stereocenters. The molecule has 0 fully saturated rings. The number of carbonyl (C=O) groups excluding carboxylic acids is 1. The summed E-state index contributed by atoms with van der Waals surface area (Å²) in [5, 5.41) is 11.0. The predicted molar refractivity (Wildman–Crippen MR) is 93.0 cm³/mol. The van der Waals surface area contributed by atoms with Crippen molar-refractivity contribution in [1.82, 2.24) is 15.0 Å². The van der Waals surface area contributed by atoms with Gasteiger partial charge in [0.25, 0.3) is 0 Å². The van der Waals surface area contributed by atoms with Crippen molar-refractivity contribution < 1.29 is 14.3 Å². The smallest absolute Gasteiger partial charge is 0.391 e. The normalized spacial score (nSPS) is 11.2. The van der Waals surface area contributed by atoms with Gasteiger partial charge in [-0.3, -0.25) is 4.79 Å². The van der Waals surface area contributed by atoms with Crippen LogP contribution >= 0.6 is 23.1 Å². The molecule has 0 unspecified atom stereocenters. The lowest BCUT2D eigenvalue weighted by molar-refractivity contribution is -0.528. The number of thiazole rings is 1. The number of fused-ring (bicyclic) bond motifs is 1. The number of aromatic hydroxyl groups is 1. The standard InChI is InChI=1S/C16H16N4O2S2/c1-8-5-9(2)18-15(17-8)23-7-12(21)13-14(22)20-11(4)6-10(3)19-16(20)24-13/h5-6H,7H2,1-4H3/p+1. The van der Waals surface area contributed by atoms with Crippen molar-refractivity contribution in [1.29, 1.82) is 0 Å². The van der Waals surface area contributed by atoms with Crippen molar-refractivity contribution in [3.8, 4) is 5.88 Å². The van der Waals surface area contributed by atoms with Crippen LogP contribution in [0.3, 0.4) is 0 Å². The number of rotatable bonds is 4. The van der Waals surface area contributed by atoms with Crippen molar-refractivity contribution in [3.63, 3.8) is 0 Å². The van der Waals surface area contributed by atoms with E-state index in [0.29, 0.717) is 15.0 Å². The van der Waals surface area contributed by atoms with Crippen molar-refractivity contribution in [2.45, 2.75) is 32.9 Å². The highest BCUT2D eigenvalue weighted by molar-refractivity contribution is 7.99. The minimum Gasteiger partial charge on any atom is -0.476 e. The Morgan fingerprint density at radius 2 is 1.75 bits per heavy atom. The first-order valence-corrected chi connectivity index (χ1v) is 9.15. The summed E-state index contributed by atoms with van der Waals surface area (Å²) in [7, 11) is 0. The Kier molecular flexibility index (Phi) is 4.51. The molecule has 3 rings (SSSR count). The average Bonchev–Trinajstić information content (AvgIpc) is 2.81. The first-order chi connectivity index (χ1) is 11.3. The van der Waals surface area contributed by atoms with Crippen LogP contribution < -0.4 is 4.40 Å². The van der Waals surface area contributed by atoms with Gasteiger partial charge in [0, 0.05) is 24.4 Å². The lowest BCUT2D eigenvalue weighted by atomic mass is 10.3. The van der Waals surface area contributed by atoms with Gasteiger partial charge in [0.15, 0.2) is 21.5 Å². The largest absolute Gasteiger partial charge is 0.476 e. The zero-order valence-corrected chi connectivity index (χ0v) is 15.5.